The van der Waals surface area contributed by atoms with E-state index in [-0.39, 0.29) is 18.1 Å². The average Bonchev–Trinajstić information content (AvgIpc) is 2.98. The number of amides is 1. The molecular formula is C17H17N3O3. The van der Waals surface area contributed by atoms with Crippen LogP contribution in [0.5, 0.6) is 5.75 Å². The Hall–Kier alpha value is -2.86. The lowest BCUT2D eigenvalue weighted by molar-refractivity contribution is -0.167. The third kappa shape index (κ3) is 3.02. The third-order valence-electron chi connectivity index (χ3n) is 3.72. The average molecular weight is 311 g/mol. The van der Waals surface area contributed by atoms with E-state index in [0.29, 0.717) is 0 Å². The molecule has 6 nitrogen and oxygen atoms in total. The van der Waals surface area contributed by atoms with E-state index in [1.165, 1.54) is 12.2 Å². The van der Waals surface area contributed by atoms with E-state index in [0.717, 1.165) is 22.3 Å². The largest absolute Gasteiger partial charge is 0.508 e. The van der Waals surface area contributed by atoms with Crippen molar-refractivity contribution < 1.29 is 14.7 Å². The predicted molar refractivity (Wildman–Crippen MR) is 86.2 cm³/mol. The summed E-state index contributed by atoms with van der Waals surface area (Å²) in [6, 6.07) is 12.6. The summed E-state index contributed by atoms with van der Waals surface area (Å²) >= 11 is 0. The highest BCUT2D eigenvalue weighted by Gasteiger charge is 2.11. The molecule has 1 N–H and O–H groups in total. The Bertz CT molecular complexity index is 840. The number of phenolic OH excluding ortho intramolecular Hbond substituents is 1. The van der Waals surface area contributed by atoms with E-state index in [1.807, 2.05) is 34.9 Å². The number of rotatable bonds is 4. The van der Waals surface area contributed by atoms with Crippen molar-refractivity contribution >= 4 is 16.9 Å². The van der Waals surface area contributed by atoms with Crippen molar-refractivity contribution in [2.75, 3.05) is 14.2 Å². The predicted octanol–water partition coefficient (Wildman–Crippen LogP) is 2.29. The summed E-state index contributed by atoms with van der Waals surface area (Å²) in [7, 11) is 3.04. The van der Waals surface area contributed by atoms with Crippen LogP contribution in [0.1, 0.15) is 5.56 Å². The van der Waals surface area contributed by atoms with Crippen molar-refractivity contribution in [3.63, 3.8) is 0 Å². The molecule has 6 heteroatoms. The Labute approximate surface area is 133 Å². The van der Waals surface area contributed by atoms with Gasteiger partial charge in [0.15, 0.2) is 0 Å². The van der Waals surface area contributed by atoms with Crippen LogP contribution in [0.25, 0.3) is 16.7 Å². The topological polar surface area (TPSA) is 67.6 Å². The number of nitrogens with zero attached hydrogens (tertiary/aromatic N) is 3. The van der Waals surface area contributed by atoms with Gasteiger partial charge in [-0.2, -0.15) is 0 Å². The molecule has 0 spiro atoms. The first-order chi connectivity index (χ1) is 11.1. The van der Waals surface area contributed by atoms with Crippen molar-refractivity contribution in [3.8, 4) is 11.4 Å². The van der Waals surface area contributed by atoms with Crippen LogP contribution in [0, 0.1) is 0 Å². The van der Waals surface area contributed by atoms with E-state index >= 15 is 0 Å². The van der Waals surface area contributed by atoms with Gasteiger partial charge in [0.05, 0.1) is 24.6 Å². The van der Waals surface area contributed by atoms with Crippen LogP contribution >= 0.6 is 0 Å². The fraction of sp³-hybridized carbons (Fsp3) is 0.176. The van der Waals surface area contributed by atoms with Gasteiger partial charge in [-0.25, -0.2) is 10.0 Å². The van der Waals surface area contributed by atoms with Gasteiger partial charge in [0.25, 0.3) is 0 Å². The maximum absolute atomic E-state index is 12.0. The molecule has 0 radical (unpaired) electrons. The van der Waals surface area contributed by atoms with Crippen LogP contribution in [-0.2, 0) is 16.1 Å². The molecule has 3 aromatic rings. The summed E-state index contributed by atoms with van der Waals surface area (Å²) in [5, 5.41) is 10.6. The molecule has 0 atom stereocenters. The first-order valence-corrected chi connectivity index (χ1v) is 7.14. The number of likely N-dealkylation sites (N-methyl/N-ethyl adjacent to an activating group) is 1. The number of aromatic nitrogens is 2. The molecule has 2 aromatic carbocycles. The quantitative estimate of drug-likeness (QED) is 0.751. The lowest BCUT2D eigenvalue weighted by atomic mass is 10.1. The molecule has 1 aromatic heterocycles. The summed E-state index contributed by atoms with van der Waals surface area (Å²) < 4.78 is 1.92. The van der Waals surface area contributed by atoms with Crippen LogP contribution in [0.2, 0.25) is 0 Å². The van der Waals surface area contributed by atoms with Crippen LogP contribution in [0.15, 0.2) is 48.8 Å². The molecule has 1 amide bonds. The van der Waals surface area contributed by atoms with Gasteiger partial charge in [0.1, 0.15) is 12.1 Å². The minimum atomic E-state index is -0.123. The molecule has 0 unspecified atom stereocenters. The van der Waals surface area contributed by atoms with E-state index in [2.05, 4.69) is 4.98 Å². The minimum absolute atomic E-state index is 0.123. The first kappa shape index (κ1) is 15.1. The lowest BCUT2D eigenvalue weighted by Gasteiger charge is -2.13. The second-order valence-corrected chi connectivity index (χ2v) is 5.20. The molecule has 0 aliphatic carbocycles. The summed E-state index contributed by atoms with van der Waals surface area (Å²) in [5.41, 5.74) is 3.52. The van der Waals surface area contributed by atoms with Crippen LogP contribution < -0.4 is 0 Å². The molecule has 23 heavy (non-hydrogen) atoms. The number of phenols is 1. The number of carbonyl (C=O) groups excluding carboxylic acids is 1. The monoisotopic (exact) mass is 311 g/mol. The van der Waals surface area contributed by atoms with Crippen LogP contribution in [0.3, 0.4) is 0 Å². The number of aromatic hydroxyl groups is 1. The van der Waals surface area contributed by atoms with Crippen LogP contribution in [-0.4, -0.2) is 39.8 Å². The highest BCUT2D eigenvalue weighted by atomic mass is 16.7. The zero-order valence-corrected chi connectivity index (χ0v) is 12.9. The maximum atomic E-state index is 12.0. The fourth-order valence-corrected chi connectivity index (χ4v) is 2.37. The van der Waals surface area contributed by atoms with Crippen LogP contribution in [0.4, 0.5) is 0 Å². The SMILES string of the molecule is CON(C)C(=O)Cc1ccc2ncn(-c3ccc(O)cc3)c2c1. The smallest absolute Gasteiger partial charge is 0.250 e. The van der Waals surface area contributed by atoms with Gasteiger partial charge < -0.3 is 5.11 Å². The Morgan fingerprint density at radius 3 is 2.70 bits per heavy atom. The zero-order chi connectivity index (χ0) is 16.4. The van der Waals surface area contributed by atoms with Gasteiger partial charge in [-0.3, -0.25) is 14.2 Å². The molecule has 0 fully saturated rings. The van der Waals surface area contributed by atoms with Gasteiger partial charge in [0.2, 0.25) is 5.91 Å². The Morgan fingerprint density at radius 1 is 1.26 bits per heavy atom. The Morgan fingerprint density at radius 2 is 2.00 bits per heavy atom. The Balaban J connectivity index is 1.97. The molecule has 0 bridgehead atoms. The standard InChI is InChI=1S/C17H17N3O3/c1-19(23-2)17(22)10-12-3-8-15-16(9-12)20(11-18-15)13-4-6-14(21)7-5-13/h3-9,11,21H,10H2,1-2H3. The molecular weight excluding hydrogens is 294 g/mol. The zero-order valence-electron chi connectivity index (χ0n) is 12.9. The van der Waals surface area contributed by atoms with Gasteiger partial charge >= 0.3 is 0 Å². The molecule has 0 saturated heterocycles. The van der Waals surface area contributed by atoms with E-state index in [4.69, 9.17) is 4.84 Å². The first-order valence-electron chi connectivity index (χ1n) is 7.14. The highest BCUT2D eigenvalue weighted by molar-refractivity contribution is 5.82. The van der Waals surface area contributed by atoms with Gasteiger partial charge in [-0.05, 0) is 42.0 Å². The highest BCUT2D eigenvalue weighted by Crippen LogP contribution is 2.21. The number of fused-ring (bicyclic) bond motifs is 1. The second-order valence-electron chi connectivity index (χ2n) is 5.20. The van der Waals surface area contributed by atoms with Crippen molar-refractivity contribution in [1.29, 1.82) is 0 Å². The van der Waals surface area contributed by atoms with E-state index < -0.39 is 0 Å². The van der Waals surface area contributed by atoms with Gasteiger partial charge in [-0.15, -0.1) is 0 Å². The van der Waals surface area contributed by atoms with Crippen molar-refractivity contribution in [1.82, 2.24) is 14.6 Å². The second kappa shape index (κ2) is 6.10. The summed E-state index contributed by atoms with van der Waals surface area (Å²) in [6.07, 6.45) is 1.98. The maximum Gasteiger partial charge on any atom is 0.250 e. The number of hydrogen-bond acceptors (Lipinski definition) is 4. The molecule has 0 aliphatic heterocycles. The van der Waals surface area contributed by atoms with Crippen molar-refractivity contribution in [2.45, 2.75) is 6.42 Å². The summed E-state index contributed by atoms with van der Waals surface area (Å²) in [6.45, 7) is 0. The van der Waals surface area contributed by atoms with Gasteiger partial charge in [0, 0.05) is 12.7 Å². The van der Waals surface area contributed by atoms with E-state index in [9.17, 15) is 9.90 Å². The summed E-state index contributed by atoms with van der Waals surface area (Å²) in [5.74, 6) is 0.0922. The number of carbonyl (C=O) groups is 1. The molecule has 118 valence electrons. The molecule has 1 heterocycles. The number of hydrogen-bond donors (Lipinski definition) is 1. The van der Waals surface area contributed by atoms with Crippen molar-refractivity contribution in [3.05, 3.63) is 54.4 Å². The Kier molecular flexibility index (Phi) is 3.99. The minimum Gasteiger partial charge on any atom is -0.508 e. The number of imidazole rings is 1. The fourth-order valence-electron chi connectivity index (χ4n) is 2.37. The van der Waals surface area contributed by atoms with Crippen molar-refractivity contribution in [2.24, 2.45) is 0 Å². The molecule has 0 saturated carbocycles. The van der Waals surface area contributed by atoms with E-state index in [1.54, 1.807) is 25.5 Å². The number of benzene rings is 2. The molecule has 0 aliphatic rings. The third-order valence-corrected chi connectivity index (χ3v) is 3.72. The number of hydroxylamine groups is 2. The lowest BCUT2D eigenvalue weighted by Crippen LogP contribution is -2.26. The molecule has 3 rings (SSSR count). The normalized spacial score (nSPS) is 10.9. The summed E-state index contributed by atoms with van der Waals surface area (Å²) in [4.78, 5) is 21.2. The van der Waals surface area contributed by atoms with Gasteiger partial charge in [-0.1, -0.05) is 6.07 Å².